The number of benzene rings is 1. The number of methoxy groups -OCH3 is 1. The highest BCUT2D eigenvalue weighted by Crippen LogP contribution is 2.20. The molecule has 2 rings (SSSR count). The molecular weight excluding hydrogens is 260 g/mol. The van der Waals surface area contributed by atoms with Gasteiger partial charge in [-0.05, 0) is 42.3 Å². The molecule has 0 aliphatic rings. The van der Waals surface area contributed by atoms with E-state index in [4.69, 9.17) is 4.74 Å². The first-order valence-corrected chi connectivity index (χ1v) is 7.58. The van der Waals surface area contributed by atoms with Crippen molar-refractivity contribution in [3.05, 3.63) is 59.4 Å². The Labute approximate surface area is 127 Å². The van der Waals surface area contributed by atoms with Gasteiger partial charge in [0.1, 0.15) is 5.75 Å². The number of likely N-dealkylation sites (N-methyl/N-ethyl adjacent to an activating group) is 1. The number of nitrogens with one attached hydrogen (secondary N) is 1. The van der Waals surface area contributed by atoms with Gasteiger partial charge in [0.2, 0.25) is 0 Å². The summed E-state index contributed by atoms with van der Waals surface area (Å²) in [5, 5.41) is 3.53. The molecule has 1 N–H and O–H groups in total. The van der Waals surface area contributed by atoms with E-state index in [0.29, 0.717) is 0 Å². The van der Waals surface area contributed by atoms with Gasteiger partial charge in [0.15, 0.2) is 0 Å². The van der Waals surface area contributed by atoms with Crippen molar-refractivity contribution in [3.63, 3.8) is 0 Å². The Kier molecular flexibility index (Phi) is 5.76. The lowest BCUT2D eigenvalue weighted by molar-refractivity contribution is 0.414. The maximum absolute atomic E-state index is 5.22. The van der Waals surface area contributed by atoms with E-state index in [0.717, 1.165) is 30.8 Å². The van der Waals surface area contributed by atoms with Gasteiger partial charge < -0.3 is 10.1 Å². The number of ether oxygens (including phenoxy) is 1. The van der Waals surface area contributed by atoms with Crippen molar-refractivity contribution in [1.29, 1.82) is 0 Å². The second kappa shape index (κ2) is 7.79. The van der Waals surface area contributed by atoms with Crippen LogP contribution >= 0.6 is 0 Å². The van der Waals surface area contributed by atoms with Gasteiger partial charge in [-0.2, -0.15) is 0 Å². The van der Waals surface area contributed by atoms with Gasteiger partial charge in [-0.1, -0.05) is 32.0 Å². The Bertz CT molecular complexity index is 534. The molecule has 0 saturated carbocycles. The summed E-state index contributed by atoms with van der Waals surface area (Å²) in [7, 11) is 1.69. The van der Waals surface area contributed by atoms with Crippen LogP contribution in [0.4, 0.5) is 0 Å². The SMILES string of the molecule is CCNC(Cc1ccc(CC)cn1)c1ccc(OC)cc1. The van der Waals surface area contributed by atoms with Crippen molar-refractivity contribution < 1.29 is 4.74 Å². The molecular formula is C18H24N2O. The van der Waals surface area contributed by atoms with Crippen molar-refractivity contribution in [2.24, 2.45) is 0 Å². The topological polar surface area (TPSA) is 34.2 Å². The van der Waals surface area contributed by atoms with Crippen molar-refractivity contribution >= 4 is 0 Å². The maximum atomic E-state index is 5.22. The van der Waals surface area contributed by atoms with E-state index in [1.54, 1.807) is 7.11 Å². The number of pyridine rings is 1. The number of hydrogen-bond donors (Lipinski definition) is 1. The fourth-order valence-corrected chi connectivity index (χ4v) is 2.38. The fourth-order valence-electron chi connectivity index (χ4n) is 2.38. The molecule has 1 aromatic heterocycles. The average molecular weight is 284 g/mol. The molecule has 2 aromatic rings. The third kappa shape index (κ3) is 4.30. The van der Waals surface area contributed by atoms with Crippen LogP contribution < -0.4 is 10.1 Å². The van der Waals surface area contributed by atoms with E-state index < -0.39 is 0 Å². The lowest BCUT2D eigenvalue weighted by Gasteiger charge is -2.18. The molecule has 0 saturated heterocycles. The number of hydrogen-bond acceptors (Lipinski definition) is 3. The minimum absolute atomic E-state index is 0.279. The van der Waals surface area contributed by atoms with Gasteiger partial charge in [0.05, 0.1) is 7.11 Å². The summed E-state index contributed by atoms with van der Waals surface area (Å²) in [4.78, 5) is 4.57. The quantitative estimate of drug-likeness (QED) is 0.844. The van der Waals surface area contributed by atoms with Gasteiger partial charge in [-0.25, -0.2) is 0 Å². The Balaban J connectivity index is 2.13. The van der Waals surface area contributed by atoms with Crippen molar-refractivity contribution in [3.8, 4) is 5.75 Å². The van der Waals surface area contributed by atoms with Gasteiger partial charge in [-0.15, -0.1) is 0 Å². The van der Waals surface area contributed by atoms with Crippen LogP contribution in [0, 0.1) is 0 Å². The highest BCUT2D eigenvalue weighted by atomic mass is 16.5. The first-order valence-electron chi connectivity index (χ1n) is 7.58. The summed E-state index contributed by atoms with van der Waals surface area (Å²) in [6.07, 6.45) is 3.90. The number of aryl methyl sites for hydroxylation is 1. The Morgan fingerprint density at radius 3 is 2.38 bits per heavy atom. The number of aromatic nitrogens is 1. The lowest BCUT2D eigenvalue weighted by Crippen LogP contribution is -2.23. The highest BCUT2D eigenvalue weighted by Gasteiger charge is 2.12. The minimum atomic E-state index is 0.279. The smallest absolute Gasteiger partial charge is 0.118 e. The second-order valence-electron chi connectivity index (χ2n) is 5.10. The van der Waals surface area contributed by atoms with E-state index in [9.17, 15) is 0 Å². The van der Waals surface area contributed by atoms with Crippen LogP contribution in [-0.2, 0) is 12.8 Å². The molecule has 0 bridgehead atoms. The zero-order valence-corrected chi connectivity index (χ0v) is 13.1. The van der Waals surface area contributed by atoms with Crippen LogP contribution in [0.25, 0.3) is 0 Å². The van der Waals surface area contributed by atoms with Crippen LogP contribution in [0.15, 0.2) is 42.6 Å². The molecule has 0 aliphatic carbocycles. The van der Waals surface area contributed by atoms with Crippen LogP contribution in [0.5, 0.6) is 5.75 Å². The van der Waals surface area contributed by atoms with E-state index >= 15 is 0 Å². The van der Waals surface area contributed by atoms with Gasteiger partial charge in [0, 0.05) is 24.4 Å². The van der Waals surface area contributed by atoms with E-state index in [-0.39, 0.29) is 6.04 Å². The fraction of sp³-hybridized carbons (Fsp3) is 0.389. The number of nitrogens with zero attached hydrogens (tertiary/aromatic N) is 1. The summed E-state index contributed by atoms with van der Waals surface area (Å²) < 4.78 is 5.22. The summed E-state index contributed by atoms with van der Waals surface area (Å²) in [6.45, 7) is 5.21. The van der Waals surface area contributed by atoms with E-state index in [1.165, 1.54) is 11.1 Å². The Morgan fingerprint density at radius 1 is 1.10 bits per heavy atom. The molecule has 3 heteroatoms. The average Bonchev–Trinajstić information content (AvgIpc) is 2.55. The highest BCUT2D eigenvalue weighted by molar-refractivity contribution is 5.30. The minimum Gasteiger partial charge on any atom is -0.497 e. The second-order valence-corrected chi connectivity index (χ2v) is 5.10. The standard InChI is InChI=1S/C18H24N2O/c1-4-14-6-9-16(20-13-14)12-18(19-5-2)15-7-10-17(21-3)11-8-15/h6-11,13,18-19H,4-5,12H2,1-3H3. The maximum Gasteiger partial charge on any atom is 0.118 e. The third-order valence-electron chi connectivity index (χ3n) is 3.68. The van der Waals surface area contributed by atoms with Crippen LogP contribution in [0.3, 0.4) is 0 Å². The lowest BCUT2D eigenvalue weighted by atomic mass is 10.0. The molecule has 0 spiro atoms. The molecule has 21 heavy (non-hydrogen) atoms. The summed E-state index contributed by atoms with van der Waals surface area (Å²) in [6, 6.07) is 12.8. The van der Waals surface area contributed by atoms with E-state index in [1.807, 2.05) is 18.3 Å². The predicted molar refractivity (Wildman–Crippen MR) is 86.7 cm³/mol. The van der Waals surface area contributed by atoms with Crippen LogP contribution in [0.2, 0.25) is 0 Å². The van der Waals surface area contributed by atoms with Crippen molar-refractivity contribution in [2.75, 3.05) is 13.7 Å². The molecule has 0 radical (unpaired) electrons. The monoisotopic (exact) mass is 284 g/mol. The normalized spacial score (nSPS) is 12.1. The first kappa shape index (κ1) is 15.5. The molecule has 0 fully saturated rings. The number of rotatable bonds is 7. The van der Waals surface area contributed by atoms with Gasteiger partial charge in [0.25, 0.3) is 0 Å². The molecule has 0 aliphatic heterocycles. The van der Waals surface area contributed by atoms with Gasteiger partial charge in [-0.3, -0.25) is 4.98 Å². The Morgan fingerprint density at radius 2 is 1.86 bits per heavy atom. The molecule has 0 amide bonds. The van der Waals surface area contributed by atoms with Crippen LogP contribution in [0.1, 0.15) is 36.7 Å². The molecule has 1 atom stereocenters. The Hall–Kier alpha value is -1.87. The van der Waals surface area contributed by atoms with E-state index in [2.05, 4.69) is 48.4 Å². The molecule has 1 heterocycles. The summed E-state index contributed by atoms with van der Waals surface area (Å²) >= 11 is 0. The zero-order valence-electron chi connectivity index (χ0n) is 13.1. The van der Waals surface area contributed by atoms with Crippen molar-refractivity contribution in [1.82, 2.24) is 10.3 Å². The van der Waals surface area contributed by atoms with Gasteiger partial charge >= 0.3 is 0 Å². The molecule has 1 aromatic carbocycles. The zero-order chi connectivity index (χ0) is 15.1. The third-order valence-corrected chi connectivity index (χ3v) is 3.68. The molecule has 112 valence electrons. The largest absolute Gasteiger partial charge is 0.497 e. The van der Waals surface area contributed by atoms with Crippen molar-refractivity contribution in [2.45, 2.75) is 32.7 Å². The predicted octanol–water partition coefficient (Wildman–Crippen LogP) is 3.55. The summed E-state index contributed by atoms with van der Waals surface area (Å²) in [5.74, 6) is 0.888. The molecule has 1 unspecified atom stereocenters. The molecule has 3 nitrogen and oxygen atoms in total. The van der Waals surface area contributed by atoms with Crippen LogP contribution in [-0.4, -0.2) is 18.6 Å². The summed E-state index contributed by atoms with van der Waals surface area (Å²) in [5.41, 5.74) is 3.66. The first-order chi connectivity index (χ1) is 10.3.